The SMILES string of the molecule is COCC(=O)N1CC[C@@H](CC(=O)[O-])[C@@H](CC[NH+]2CCC(n3c(=O)[nH]c4ccccc43)CC2)C1. The molecule has 33 heavy (non-hydrogen) atoms. The van der Waals surface area contributed by atoms with Crippen molar-refractivity contribution in [1.29, 1.82) is 0 Å². The van der Waals surface area contributed by atoms with Gasteiger partial charge in [-0.15, -0.1) is 0 Å². The minimum absolute atomic E-state index is 0.0354. The molecular formula is C24H34N4O5. The summed E-state index contributed by atoms with van der Waals surface area (Å²) in [6, 6.07) is 8.00. The number of carboxylic acid groups (broad SMARTS) is 1. The predicted octanol–water partition coefficient (Wildman–Crippen LogP) is -0.809. The van der Waals surface area contributed by atoms with E-state index in [2.05, 4.69) is 4.98 Å². The van der Waals surface area contributed by atoms with Crippen molar-refractivity contribution < 1.29 is 24.3 Å². The van der Waals surface area contributed by atoms with Crippen LogP contribution in [0.15, 0.2) is 29.1 Å². The Balaban J connectivity index is 1.34. The highest BCUT2D eigenvalue weighted by Gasteiger charge is 2.33. The van der Waals surface area contributed by atoms with Gasteiger partial charge in [0.25, 0.3) is 0 Å². The standard InChI is InChI=1S/C24H34N4O5/c1-33-16-22(29)27-13-7-17(14-23(30)31)18(15-27)6-10-26-11-8-19(9-12-26)28-21-5-3-2-4-20(21)25-24(28)32/h2-5,17-19H,6-16H2,1H3,(H,25,32)(H,30,31)/t17-,18-/m0/s1. The van der Waals surface area contributed by atoms with Crippen molar-refractivity contribution in [2.75, 3.05) is 46.4 Å². The summed E-state index contributed by atoms with van der Waals surface area (Å²) in [5, 5.41) is 11.3. The number of ether oxygens (including phenoxy) is 1. The van der Waals surface area contributed by atoms with Gasteiger partial charge in [0.05, 0.1) is 30.7 Å². The summed E-state index contributed by atoms with van der Waals surface area (Å²) < 4.78 is 6.89. The molecule has 0 spiro atoms. The monoisotopic (exact) mass is 458 g/mol. The van der Waals surface area contributed by atoms with E-state index in [1.807, 2.05) is 33.7 Å². The Morgan fingerprint density at radius 1 is 1.18 bits per heavy atom. The number of quaternary nitrogens is 1. The zero-order valence-electron chi connectivity index (χ0n) is 19.3. The largest absolute Gasteiger partial charge is 0.550 e. The third kappa shape index (κ3) is 5.47. The van der Waals surface area contributed by atoms with Gasteiger partial charge in [0.2, 0.25) is 5.91 Å². The summed E-state index contributed by atoms with van der Waals surface area (Å²) in [4.78, 5) is 42.3. The number of imidazole rings is 1. The van der Waals surface area contributed by atoms with E-state index in [1.165, 1.54) is 12.0 Å². The molecule has 0 saturated carbocycles. The molecule has 2 N–H and O–H groups in total. The Bertz CT molecular complexity index is 1020. The molecule has 2 aliphatic rings. The normalized spacial score (nSPS) is 25.9. The topological polar surface area (TPSA) is 112 Å². The van der Waals surface area contributed by atoms with E-state index in [0.717, 1.165) is 49.9 Å². The molecule has 0 radical (unpaired) electrons. The zero-order chi connectivity index (χ0) is 23.4. The van der Waals surface area contributed by atoms with Crippen LogP contribution in [0, 0.1) is 11.8 Å². The van der Waals surface area contributed by atoms with E-state index in [0.29, 0.717) is 19.5 Å². The number of H-pyrrole nitrogens is 1. The summed E-state index contributed by atoms with van der Waals surface area (Å²) in [5.41, 5.74) is 1.79. The molecule has 2 aliphatic heterocycles. The number of aliphatic carboxylic acids is 1. The number of fused-ring (bicyclic) bond motifs is 1. The molecule has 3 heterocycles. The van der Waals surface area contributed by atoms with Gasteiger partial charge in [-0.1, -0.05) is 12.1 Å². The Labute approximate surface area is 193 Å². The third-order valence-corrected chi connectivity index (χ3v) is 7.46. The van der Waals surface area contributed by atoms with Crippen LogP contribution < -0.4 is 15.7 Å². The van der Waals surface area contributed by atoms with Crippen LogP contribution in [0.2, 0.25) is 0 Å². The fourth-order valence-electron chi connectivity index (χ4n) is 5.68. The molecule has 1 aromatic carbocycles. The lowest BCUT2D eigenvalue weighted by molar-refractivity contribution is -0.906. The molecule has 9 nitrogen and oxygen atoms in total. The number of rotatable bonds is 8. The smallest absolute Gasteiger partial charge is 0.326 e. The number of carboxylic acids is 1. The fraction of sp³-hybridized carbons (Fsp3) is 0.625. The maximum absolute atomic E-state index is 12.5. The molecule has 2 fully saturated rings. The number of para-hydroxylation sites is 2. The summed E-state index contributed by atoms with van der Waals surface area (Å²) in [7, 11) is 1.51. The van der Waals surface area contributed by atoms with Gasteiger partial charge in [-0.05, 0) is 36.8 Å². The van der Waals surface area contributed by atoms with Crippen LogP contribution in [0.3, 0.4) is 0 Å². The number of piperidine rings is 2. The molecule has 1 aromatic heterocycles. The van der Waals surface area contributed by atoms with Gasteiger partial charge in [0, 0.05) is 51.5 Å². The second-order valence-electron chi connectivity index (χ2n) is 9.49. The first kappa shape index (κ1) is 23.5. The number of carbonyl (C=O) groups is 2. The summed E-state index contributed by atoms with van der Waals surface area (Å²) in [5.74, 6) is -0.854. The number of carbonyl (C=O) groups excluding carboxylic acids is 2. The fourth-order valence-corrected chi connectivity index (χ4v) is 5.68. The first-order valence-electron chi connectivity index (χ1n) is 12.0. The van der Waals surface area contributed by atoms with E-state index in [9.17, 15) is 19.5 Å². The van der Waals surface area contributed by atoms with Crippen LogP contribution >= 0.6 is 0 Å². The molecule has 2 atom stereocenters. The highest BCUT2D eigenvalue weighted by molar-refractivity contribution is 5.77. The average Bonchev–Trinajstić information content (AvgIpc) is 3.14. The number of benzene rings is 1. The van der Waals surface area contributed by atoms with Crippen molar-refractivity contribution in [1.82, 2.24) is 14.5 Å². The number of likely N-dealkylation sites (tertiary alicyclic amines) is 2. The molecule has 1 amide bonds. The van der Waals surface area contributed by atoms with Crippen LogP contribution in [-0.4, -0.2) is 72.8 Å². The number of hydrogen-bond acceptors (Lipinski definition) is 5. The van der Waals surface area contributed by atoms with Crippen LogP contribution in [0.1, 0.15) is 38.1 Å². The molecule has 0 aliphatic carbocycles. The Hall–Kier alpha value is -2.65. The number of amides is 1. The van der Waals surface area contributed by atoms with E-state index in [1.54, 1.807) is 0 Å². The average molecular weight is 459 g/mol. The Morgan fingerprint density at radius 2 is 1.94 bits per heavy atom. The van der Waals surface area contributed by atoms with Crippen molar-refractivity contribution >= 4 is 22.9 Å². The molecule has 2 aromatic rings. The lowest BCUT2D eigenvalue weighted by atomic mass is 9.81. The molecule has 0 unspecified atom stereocenters. The van der Waals surface area contributed by atoms with E-state index >= 15 is 0 Å². The third-order valence-electron chi connectivity index (χ3n) is 7.46. The zero-order valence-corrected chi connectivity index (χ0v) is 19.3. The van der Waals surface area contributed by atoms with Crippen molar-refractivity contribution in [3.8, 4) is 0 Å². The van der Waals surface area contributed by atoms with E-state index in [-0.39, 0.29) is 42.5 Å². The molecule has 2 saturated heterocycles. The molecule has 9 heteroatoms. The van der Waals surface area contributed by atoms with Gasteiger partial charge in [-0.2, -0.15) is 0 Å². The lowest BCUT2D eigenvalue weighted by Gasteiger charge is -2.39. The Morgan fingerprint density at radius 3 is 2.67 bits per heavy atom. The number of hydrogen-bond donors (Lipinski definition) is 2. The van der Waals surface area contributed by atoms with Crippen molar-refractivity contribution in [2.45, 2.75) is 38.1 Å². The number of methoxy groups -OCH3 is 1. The number of aromatic amines is 1. The maximum Gasteiger partial charge on any atom is 0.326 e. The lowest BCUT2D eigenvalue weighted by Crippen LogP contribution is -3.13. The van der Waals surface area contributed by atoms with Gasteiger partial charge >= 0.3 is 5.69 Å². The number of nitrogens with one attached hydrogen (secondary N) is 2. The van der Waals surface area contributed by atoms with Crippen LogP contribution in [0.4, 0.5) is 0 Å². The quantitative estimate of drug-likeness (QED) is 0.538. The van der Waals surface area contributed by atoms with E-state index < -0.39 is 5.97 Å². The molecule has 0 bridgehead atoms. The predicted molar refractivity (Wildman–Crippen MR) is 121 cm³/mol. The van der Waals surface area contributed by atoms with Gasteiger partial charge in [0.1, 0.15) is 6.61 Å². The highest BCUT2D eigenvalue weighted by atomic mass is 16.5. The molecular weight excluding hydrogens is 424 g/mol. The van der Waals surface area contributed by atoms with Gasteiger partial charge in [-0.25, -0.2) is 4.79 Å². The second kappa shape index (κ2) is 10.5. The van der Waals surface area contributed by atoms with Crippen LogP contribution in [-0.2, 0) is 14.3 Å². The first-order chi connectivity index (χ1) is 16.0. The minimum atomic E-state index is -1.01. The second-order valence-corrected chi connectivity index (χ2v) is 9.49. The van der Waals surface area contributed by atoms with E-state index in [4.69, 9.17) is 4.74 Å². The van der Waals surface area contributed by atoms with Crippen LogP contribution in [0.5, 0.6) is 0 Å². The number of aromatic nitrogens is 2. The van der Waals surface area contributed by atoms with Gasteiger partial charge in [0.15, 0.2) is 0 Å². The summed E-state index contributed by atoms with van der Waals surface area (Å²) in [6.45, 7) is 4.11. The van der Waals surface area contributed by atoms with Gasteiger partial charge in [-0.3, -0.25) is 9.36 Å². The maximum atomic E-state index is 12.5. The Kier molecular flexibility index (Phi) is 7.49. The summed E-state index contributed by atoms with van der Waals surface area (Å²) in [6.07, 6.45) is 3.49. The van der Waals surface area contributed by atoms with Crippen molar-refractivity contribution in [2.24, 2.45) is 11.8 Å². The molecule has 180 valence electrons. The minimum Gasteiger partial charge on any atom is -0.550 e. The van der Waals surface area contributed by atoms with Crippen LogP contribution in [0.25, 0.3) is 11.0 Å². The number of nitrogens with zero attached hydrogens (tertiary/aromatic N) is 2. The highest BCUT2D eigenvalue weighted by Crippen LogP contribution is 2.29. The first-order valence-corrected chi connectivity index (χ1v) is 12.0. The molecule has 4 rings (SSSR count). The van der Waals surface area contributed by atoms with Gasteiger partial charge < -0.3 is 29.4 Å². The van der Waals surface area contributed by atoms with Crippen molar-refractivity contribution in [3.05, 3.63) is 34.7 Å². The summed E-state index contributed by atoms with van der Waals surface area (Å²) >= 11 is 0. The van der Waals surface area contributed by atoms with Crippen molar-refractivity contribution in [3.63, 3.8) is 0 Å².